The minimum atomic E-state index is 0.214. The summed E-state index contributed by atoms with van der Waals surface area (Å²) in [6, 6.07) is 0. The SMILES string of the molecule is COC1CN(CCC(C)(C)CN)CC1OC. The fourth-order valence-corrected chi connectivity index (χ4v) is 2.02. The molecule has 0 aromatic carbocycles. The lowest BCUT2D eigenvalue weighted by Gasteiger charge is -2.25. The third-order valence-corrected chi connectivity index (χ3v) is 3.55. The van der Waals surface area contributed by atoms with E-state index in [4.69, 9.17) is 15.2 Å². The first-order valence-electron chi connectivity index (χ1n) is 6.00. The molecule has 0 radical (unpaired) electrons. The zero-order valence-electron chi connectivity index (χ0n) is 11.0. The van der Waals surface area contributed by atoms with Crippen LogP contribution in [0.4, 0.5) is 0 Å². The maximum atomic E-state index is 5.73. The van der Waals surface area contributed by atoms with Gasteiger partial charge in [0.15, 0.2) is 0 Å². The molecule has 0 amide bonds. The number of hydrogen-bond donors (Lipinski definition) is 1. The van der Waals surface area contributed by atoms with Gasteiger partial charge >= 0.3 is 0 Å². The van der Waals surface area contributed by atoms with Gasteiger partial charge in [0.2, 0.25) is 0 Å². The highest BCUT2D eigenvalue weighted by Gasteiger charge is 2.33. The predicted octanol–water partition coefficient (Wildman–Crippen LogP) is 0.707. The molecular formula is C12H26N2O2. The van der Waals surface area contributed by atoms with Crippen molar-refractivity contribution in [3.63, 3.8) is 0 Å². The quantitative estimate of drug-likeness (QED) is 0.730. The Morgan fingerprint density at radius 2 is 1.69 bits per heavy atom. The second-order valence-electron chi connectivity index (χ2n) is 5.43. The standard InChI is InChI=1S/C12H26N2O2/c1-12(2,9-13)5-6-14-7-10(15-3)11(8-14)16-4/h10-11H,5-9,13H2,1-4H3. The van der Waals surface area contributed by atoms with Gasteiger partial charge in [0.1, 0.15) is 0 Å². The van der Waals surface area contributed by atoms with Gasteiger partial charge in [-0.2, -0.15) is 0 Å². The number of hydrogen-bond acceptors (Lipinski definition) is 4. The maximum absolute atomic E-state index is 5.73. The molecule has 0 aromatic heterocycles. The van der Waals surface area contributed by atoms with Crippen LogP contribution in [0, 0.1) is 5.41 Å². The van der Waals surface area contributed by atoms with Gasteiger partial charge in [-0.3, -0.25) is 4.90 Å². The summed E-state index contributed by atoms with van der Waals surface area (Å²) in [5.74, 6) is 0. The Kier molecular flexibility index (Phi) is 5.18. The average Bonchev–Trinajstić information content (AvgIpc) is 2.69. The Hall–Kier alpha value is -0.160. The zero-order valence-corrected chi connectivity index (χ0v) is 11.0. The maximum Gasteiger partial charge on any atom is 0.0971 e. The van der Waals surface area contributed by atoms with Crippen LogP contribution in [-0.4, -0.2) is 57.5 Å². The number of nitrogens with zero attached hydrogens (tertiary/aromatic N) is 1. The monoisotopic (exact) mass is 230 g/mol. The Bertz CT molecular complexity index is 197. The molecule has 0 saturated carbocycles. The van der Waals surface area contributed by atoms with E-state index >= 15 is 0 Å². The molecule has 96 valence electrons. The molecule has 1 heterocycles. The molecule has 1 rings (SSSR count). The highest BCUT2D eigenvalue weighted by Crippen LogP contribution is 2.22. The molecule has 0 bridgehead atoms. The molecule has 2 atom stereocenters. The highest BCUT2D eigenvalue weighted by atomic mass is 16.5. The van der Waals surface area contributed by atoms with Gasteiger partial charge in [0.05, 0.1) is 12.2 Å². The Morgan fingerprint density at radius 3 is 2.06 bits per heavy atom. The topological polar surface area (TPSA) is 47.7 Å². The van der Waals surface area contributed by atoms with Gasteiger partial charge < -0.3 is 15.2 Å². The second kappa shape index (κ2) is 5.96. The van der Waals surface area contributed by atoms with E-state index in [1.165, 1.54) is 0 Å². The van der Waals surface area contributed by atoms with Gasteiger partial charge in [0, 0.05) is 27.3 Å². The summed E-state index contributed by atoms with van der Waals surface area (Å²) in [6.45, 7) is 8.17. The van der Waals surface area contributed by atoms with Gasteiger partial charge in [-0.15, -0.1) is 0 Å². The summed E-state index contributed by atoms with van der Waals surface area (Å²) >= 11 is 0. The number of nitrogens with two attached hydrogens (primary N) is 1. The van der Waals surface area contributed by atoms with Crippen molar-refractivity contribution in [3.05, 3.63) is 0 Å². The zero-order chi connectivity index (χ0) is 12.2. The van der Waals surface area contributed by atoms with Crippen LogP contribution in [0.5, 0.6) is 0 Å². The molecule has 0 aliphatic carbocycles. The van der Waals surface area contributed by atoms with E-state index in [-0.39, 0.29) is 17.6 Å². The summed E-state index contributed by atoms with van der Waals surface area (Å²) in [6.07, 6.45) is 1.55. The smallest absolute Gasteiger partial charge is 0.0971 e. The lowest BCUT2D eigenvalue weighted by atomic mass is 9.89. The van der Waals surface area contributed by atoms with E-state index in [1.807, 2.05) is 0 Å². The molecule has 0 spiro atoms. The van der Waals surface area contributed by atoms with Crippen LogP contribution in [0.15, 0.2) is 0 Å². The lowest BCUT2D eigenvalue weighted by Crippen LogP contribution is -2.31. The molecule has 1 fully saturated rings. The minimum Gasteiger partial charge on any atom is -0.377 e. The van der Waals surface area contributed by atoms with Crippen LogP contribution in [-0.2, 0) is 9.47 Å². The van der Waals surface area contributed by atoms with Crippen molar-refractivity contribution >= 4 is 0 Å². The van der Waals surface area contributed by atoms with Crippen molar-refractivity contribution in [2.75, 3.05) is 40.4 Å². The van der Waals surface area contributed by atoms with Crippen molar-refractivity contribution in [2.24, 2.45) is 11.1 Å². The van der Waals surface area contributed by atoms with Crippen LogP contribution >= 0.6 is 0 Å². The molecule has 16 heavy (non-hydrogen) atoms. The van der Waals surface area contributed by atoms with Crippen molar-refractivity contribution in [1.29, 1.82) is 0 Å². The largest absolute Gasteiger partial charge is 0.377 e. The molecule has 1 saturated heterocycles. The van der Waals surface area contributed by atoms with Crippen molar-refractivity contribution < 1.29 is 9.47 Å². The van der Waals surface area contributed by atoms with Crippen LogP contribution in [0.2, 0.25) is 0 Å². The fraction of sp³-hybridized carbons (Fsp3) is 1.00. The van der Waals surface area contributed by atoms with E-state index in [0.29, 0.717) is 0 Å². The molecule has 1 aliphatic rings. The molecule has 0 aromatic rings. The normalized spacial score (nSPS) is 27.6. The third-order valence-electron chi connectivity index (χ3n) is 3.55. The summed E-state index contributed by atoms with van der Waals surface area (Å²) in [7, 11) is 3.51. The Morgan fingerprint density at radius 1 is 1.19 bits per heavy atom. The summed E-state index contributed by atoms with van der Waals surface area (Å²) < 4.78 is 10.8. The van der Waals surface area contributed by atoms with E-state index in [0.717, 1.165) is 32.6 Å². The molecule has 4 heteroatoms. The summed E-state index contributed by atoms with van der Waals surface area (Å²) in [5.41, 5.74) is 5.96. The van der Waals surface area contributed by atoms with Gasteiger partial charge in [0.25, 0.3) is 0 Å². The molecule has 1 aliphatic heterocycles. The van der Waals surface area contributed by atoms with Gasteiger partial charge in [-0.05, 0) is 24.9 Å². The van der Waals surface area contributed by atoms with Crippen molar-refractivity contribution in [3.8, 4) is 0 Å². The van der Waals surface area contributed by atoms with E-state index in [1.54, 1.807) is 14.2 Å². The summed E-state index contributed by atoms with van der Waals surface area (Å²) in [5, 5.41) is 0. The molecule has 4 nitrogen and oxygen atoms in total. The van der Waals surface area contributed by atoms with Gasteiger partial charge in [-0.25, -0.2) is 0 Å². The first-order chi connectivity index (χ1) is 7.52. The fourth-order valence-electron chi connectivity index (χ4n) is 2.02. The van der Waals surface area contributed by atoms with Crippen LogP contribution in [0.3, 0.4) is 0 Å². The Labute approximate surface area is 99.1 Å². The molecule has 2 unspecified atom stereocenters. The highest BCUT2D eigenvalue weighted by molar-refractivity contribution is 4.86. The van der Waals surface area contributed by atoms with E-state index < -0.39 is 0 Å². The van der Waals surface area contributed by atoms with Crippen LogP contribution < -0.4 is 5.73 Å². The van der Waals surface area contributed by atoms with Gasteiger partial charge in [-0.1, -0.05) is 13.8 Å². The number of ether oxygens (including phenoxy) is 2. The van der Waals surface area contributed by atoms with E-state index in [2.05, 4.69) is 18.7 Å². The molecular weight excluding hydrogens is 204 g/mol. The summed E-state index contributed by atoms with van der Waals surface area (Å²) in [4.78, 5) is 2.40. The lowest BCUT2D eigenvalue weighted by molar-refractivity contribution is -0.00461. The van der Waals surface area contributed by atoms with Crippen molar-refractivity contribution in [1.82, 2.24) is 4.90 Å². The van der Waals surface area contributed by atoms with Crippen molar-refractivity contribution in [2.45, 2.75) is 32.5 Å². The van der Waals surface area contributed by atoms with E-state index in [9.17, 15) is 0 Å². The predicted molar refractivity (Wildman–Crippen MR) is 65.5 cm³/mol. The average molecular weight is 230 g/mol. The first-order valence-corrected chi connectivity index (χ1v) is 6.00. The first kappa shape index (κ1) is 13.9. The minimum absolute atomic E-state index is 0.214. The Balaban J connectivity index is 2.35. The molecule has 2 N–H and O–H groups in total. The van der Waals surface area contributed by atoms with Crippen LogP contribution in [0.1, 0.15) is 20.3 Å². The third kappa shape index (κ3) is 3.70. The van der Waals surface area contributed by atoms with Crippen LogP contribution in [0.25, 0.3) is 0 Å². The number of methoxy groups -OCH3 is 2. The number of rotatable bonds is 6. The number of likely N-dealkylation sites (tertiary alicyclic amines) is 1. The second-order valence-corrected chi connectivity index (χ2v) is 5.43.